The summed E-state index contributed by atoms with van der Waals surface area (Å²) in [6, 6.07) is 0. The highest BCUT2D eigenvalue weighted by Gasteiger charge is 2.13. The number of rotatable bonds is 4. The topological polar surface area (TPSA) is 32.3 Å². The first kappa shape index (κ1) is 11.4. The molecule has 1 amide bonds. The molecule has 1 unspecified atom stereocenters. The van der Waals surface area contributed by atoms with Crippen LogP contribution in [0.4, 0.5) is 0 Å². The van der Waals surface area contributed by atoms with E-state index in [2.05, 4.69) is 37.3 Å². The maximum absolute atomic E-state index is 11.1. The number of carbonyl (C=O) groups is 1. The lowest BCUT2D eigenvalue weighted by Gasteiger charge is -2.14. The van der Waals surface area contributed by atoms with Crippen LogP contribution < -0.4 is 5.43 Å². The molecule has 1 atom stereocenters. The summed E-state index contributed by atoms with van der Waals surface area (Å²) in [6.07, 6.45) is 0.791. The average Bonchev–Trinajstić information content (AvgIpc) is 1.86. The fourth-order valence-electron chi connectivity index (χ4n) is 0.517. The van der Waals surface area contributed by atoms with Crippen LogP contribution in [0.3, 0.4) is 0 Å². The minimum absolute atomic E-state index is 0.00514. The standard InChI is InChI=1S/C6H12Br2N2O/c1-10(2)9-6(11)5(8)3-4-7/h5H,3-4H2,1-2H3,(H,9,11). The molecule has 0 aliphatic rings. The van der Waals surface area contributed by atoms with Gasteiger partial charge in [-0.1, -0.05) is 31.9 Å². The minimum Gasteiger partial charge on any atom is -0.288 e. The molecule has 0 fully saturated rings. The maximum Gasteiger partial charge on any atom is 0.248 e. The highest BCUT2D eigenvalue weighted by atomic mass is 79.9. The van der Waals surface area contributed by atoms with Crippen molar-refractivity contribution in [2.75, 3.05) is 19.4 Å². The van der Waals surface area contributed by atoms with Gasteiger partial charge in [-0.05, 0) is 6.42 Å². The van der Waals surface area contributed by atoms with Crippen molar-refractivity contribution in [2.45, 2.75) is 11.2 Å². The minimum atomic E-state index is -0.107. The second-order valence-corrected chi connectivity index (χ2v) is 4.21. The zero-order valence-corrected chi connectivity index (χ0v) is 9.77. The van der Waals surface area contributed by atoms with Crippen molar-refractivity contribution in [3.8, 4) is 0 Å². The molecule has 66 valence electrons. The number of halogens is 2. The van der Waals surface area contributed by atoms with E-state index >= 15 is 0 Å². The summed E-state index contributed by atoms with van der Waals surface area (Å²) in [5, 5.41) is 2.45. The van der Waals surface area contributed by atoms with Gasteiger partial charge in [0.25, 0.3) is 0 Å². The molecule has 11 heavy (non-hydrogen) atoms. The van der Waals surface area contributed by atoms with Crippen LogP contribution in [0.15, 0.2) is 0 Å². The summed E-state index contributed by atoms with van der Waals surface area (Å²) in [7, 11) is 3.57. The van der Waals surface area contributed by atoms with Gasteiger partial charge in [0.05, 0.1) is 4.83 Å². The third-order valence-corrected chi connectivity index (χ3v) is 2.31. The van der Waals surface area contributed by atoms with Gasteiger partial charge >= 0.3 is 0 Å². The monoisotopic (exact) mass is 286 g/mol. The molecule has 0 saturated carbocycles. The van der Waals surface area contributed by atoms with Gasteiger partial charge in [-0.25, -0.2) is 5.01 Å². The summed E-state index contributed by atoms with van der Waals surface area (Å²) in [4.78, 5) is 11.0. The summed E-state index contributed by atoms with van der Waals surface area (Å²) in [6.45, 7) is 0. The molecule has 0 aromatic heterocycles. The van der Waals surface area contributed by atoms with Gasteiger partial charge in [-0.15, -0.1) is 0 Å². The Morgan fingerprint density at radius 1 is 1.64 bits per heavy atom. The molecule has 0 aromatic rings. The van der Waals surface area contributed by atoms with E-state index in [1.165, 1.54) is 0 Å². The second-order valence-electron chi connectivity index (χ2n) is 2.32. The van der Waals surface area contributed by atoms with Gasteiger partial charge in [0.2, 0.25) is 5.91 Å². The van der Waals surface area contributed by atoms with Gasteiger partial charge in [0.15, 0.2) is 0 Å². The average molecular weight is 288 g/mol. The molecule has 3 nitrogen and oxygen atoms in total. The molecule has 0 aliphatic carbocycles. The summed E-state index contributed by atoms with van der Waals surface area (Å²) < 4.78 is 0. The third-order valence-electron chi connectivity index (χ3n) is 0.981. The van der Waals surface area contributed by atoms with Crippen molar-refractivity contribution in [3.63, 3.8) is 0 Å². The van der Waals surface area contributed by atoms with Crippen LogP contribution >= 0.6 is 31.9 Å². The zero-order valence-electron chi connectivity index (χ0n) is 6.60. The van der Waals surface area contributed by atoms with E-state index in [1.54, 1.807) is 19.1 Å². The Kier molecular flexibility index (Phi) is 6.18. The number of amides is 1. The van der Waals surface area contributed by atoms with Crippen molar-refractivity contribution >= 4 is 37.8 Å². The fourth-order valence-corrected chi connectivity index (χ4v) is 1.92. The fraction of sp³-hybridized carbons (Fsp3) is 0.833. The smallest absolute Gasteiger partial charge is 0.248 e. The predicted molar refractivity (Wildman–Crippen MR) is 53.0 cm³/mol. The van der Waals surface area contributed by atoms with Gasteiger partial charge < -0.3 is 0 Å². The first-order valence-corrected chi connectivity index (χ1v) is 5.29. The van der Waals surface area contributed by atoms with E-state index in [0.29, 0.717) is 0 Å². The number of hydrazine groups is 1. The number of carbonyl (C=O) groups excluding carboxylic acids is 1. The van der Waals surface area contributed by atoms with Crippen LogP contribution in [0.5, 0.6) is 0 Å². The normalized spacial score (nSPS) is 13.2. The van der Waals surface area contributed by atoms with Crippen LogP contribution in [0.2, 0.25) is 0 Å². The molecule has 0 heterocycles. The SMILES string of the molecule is CN(C)NC(=O)C(Br)CCBr. The van der Waals surface area contributed by atoms with E-state index in [0.717, 1.165) is 11.8 Å². The van der Waals surface area contributed by atoms with Crippen LogP contribution in [-0.4, -0.2) is 35.2 Å². The third kappa shape index (κ3) is 5.64. The highest BCUT2D eigenvalue weighted by Crippen LogP contribution is 2.06. The van der Waals surface area contributed by atoms with E-state index in [4.69, 9.17) is 0 Å². The van der Waals surface area contributed by atoms with Crippen molar-refractivity contribution in [3.05, 3.63) is 0 Å². The first-order valence-electron chi connectivity index (χ1n) is 3.25. The lowest BCUT2D eigenvalue weighted by molar-refractivity contribution is -0.124. The summed E-state index contributed by atoms with van der Waals surface area (Å²) in [5.74, 6) is -0.00514. The quantitative estimate of drug-likeness (QED) is 0.621. The van der Waals surface area contributed by atoms with Crippen molar-refractivity contribution < 1.29 is 4.79 Å². The van der Waals surface area contributed by atoms with Crippen LogP contribution in [-0.2, 0) is 4.79 Å². The zero-order chi connectivity index (χ0) is 8.85. The second kappa shape index (κ2) is 5.97. The molecule has 0 aliphatic heterocycles. The largest absolute Gasteiger partial charge is 0.288 e. The molecular formula is C6H12Br2N2O. The summed E-state index contributed by atoms with van der Waals surface area (Å²) >= 11 is 6.52. The van der Waals surface area contributed by atoms with Gasteiger partial charge in [-0.2, -0.15) is 0 Å². The molecular weight excluding hydrogens is 276 g/mol. The van der Waals surface area contributed by atoms with E-state index in [9.17, 15) is 4.79 Å². The lowest BCUT2D eigenvalue weighted by atomic mass is 10.3. The molecule has 0 aromatic carbocycles. The Morgan fingerprint density at radius 3 is 2.55 bits per heavy atom. The predicted octanol–water partition coefficient (Wildman–Crippen LogP) is 1.13. The molecule has 1 N–H and O–H groups in total. The Morgan fingerprint density at radius 2 is 2.18 bits per heavy atom. The molecule has 0 rings (SSSR count). The van der Waals surface area contributed by atoms with Crippen LogP contribution in [0, 0.1) is 0 Å². The Balaban J connectivity index is 3.64. The number of nitrogens with one attached hydrogen (secondary N) is 1. The van der Waals surface area contributed by atoms with E-state index in [1.807, 2.05) is 0 Å². The Hall–Kier alpha value is 0.390. The molecule has 0 bridgehead atoms. The van der Waals surface area contributed by atoms with E-state index in [-0.39, 0.29) is 10.7 Å². The maximum atomic E-state index is 11.1. The van der Waals surface area contributed by atoms with Gasteiger partial charge in [0.1, 0.15) is 0 Å². The highest BCUT2D eigenvalue weighted by molar-refractivity contribution is 9.10. The lowest BCUT2D eigenvalue weighted by Crippen LogP contribution is -2.40. The summed E-state index contributed by atoms with van der Waals surface area (Å²) in [5.41, 5.74) is 2.65. The van der Waals surface area contributed by atoms with Crippen LogP contribution in [0.25, 0.3) is 0 Å². The molecule has 0 saturated heterocycles. The van der Waals surface area contributed by atoms with Crippen LogP contribution in [0.1, 0.15) is 6.42 Å². The first-order chi connectivity index (χ1) is 5.07. The van der Waals surface area contributed by atoms with E-state index < -0.39 is 0 Å². The molecule has 0 spiro atoms. The van der Waals surface area contributed by atoms with Crippen molar-refractivity contribution in [1.29, 1.82) is 0 Å². The van der Waals surface area contributed by atoms with Crippen molar-refractivity contribution in [1.82, 2.24) is 10.4 Å². The number of hydrogen-bond donors (Lipinski definition) is 1. The molecule has 0 radical (unpaired) electrons. The molecule has 5 heteroatoms. The Bertz CT molecular complexity index is 130. The Labute approximate surface area is 83.7 Å². The number of nitrogens with zero attached hydrogens (tertiary/aromatic N) is 1. The number of alkyl halides is 2. The van der Waals surface area contributed by atoms with Crippen molar-refractivity contribution in [2.24, 2.45) is 0 Å². The number of hydrogen-bond acceptors (Lipinski definition) is 2. The van der Waals surface area contributed by atoms with Gasteiger partial charge in [-0.3, -0.25) is 10.2 Å². The van der Waals surface area contributed by atoms with Gasteiger partial charge in [0, 0.05) is 19.4 Å².